The summed E-state index contributed by atoms with van der Waals surface area (Å²) >= 11 is 0. The van der Waals surface area contributed by atoms with Gasteiger partial charge in [0.25, 0.3) is 0 Å². The maximum absolute atomic E-state index is 10.5. The topological polar surface area (TPSA) is 65.2 Å². The molecule has 0 unspecified atom stereocenters. The molecule has 4 nitrogen and oxygen atoms in total. The van der Waals surface area contributed by atoms with Crippen LogP contribution in [0.5, 0.6) is 11.5 Å². The number of hydrogen-bond donors (Lipinski definition) is 2. The van der Waals surface area contributed by atoms with E-state index in [0.29, 0.717) is 11.1 Å². The number of nitrogens with zero attached hydrogens (tertiary/aromatic N) is 2. The van der Waals surface area contributed by atoms with Gasteiger partial charge in [0.05, 0.1) is 11.1 Å². The van der Waals surface area contributed by atoms with Crippen LogP contribution in [0.15, 0.2) is 131 Å². The molecule has 0 heterocycles. The minimum Gasteiger partial charge on any atom is -0.507 e. The van der Waals surface area contributed by atoms with Gasteiger partial charge in [-0.15, -0.1) is 0 Å². The third-order valence-corrected chi connectivity index (χ3v) is 7.62. The molecular weight excluding hydrogens is 582 g/mol. The van der Waals surface area contributed by atoms with Crippen molar-refractivity contribution in [2.45, 2.75) is 38.8 Å². The molecule has 0 bridgehead atoms. The average Bonchev–Trinajstić information content (AvgIpc) is 3.01. The molecule has 5 aromatic rings. The molecule has 43 heavy (non-hydrogen) atoms. The average molecular weight is 618 g/mol. The van der Waals surface area contributed by atoms with Crippen molar-refractivity contribution in [1.29, 1.82) is 0 Å². The van der Waals surface area contributed by atoms with E-state index in [1.807, 2.05) is 60.7 Å². The van der Waals surface area contributed by atoms with Crippen LogP contribution in [0.4, 0.5) is 0 Å². The summed E-state index contributed by atoms with van der Waals surface area (Å²) in [5.74, 6) is 0.397. The molecule has 0 aliphatic heterocycles. The molecule has 0 amide bonds. The van der Waals surface area contributed by atoms with Crippen molar-refractivity contribution in [1.82, 2.24) is 0 Å². The summed E-state index contributed by atoms with van der Waals surface area (Å²) < 4.78 is 0. The van der Waals surface area contributed by atoms with Gasteiger partial charge in [0.15, 0.2) is 0 Å². The number of hydrogen-bond acceptors (Lipinski definition) is 4. The van der Waals surface area contributed by atoms with E-state index in [-0.39, 0.29) is 31.0 Å². The smallest absolute Gasteiger partial charge is 0.124 e. The van der Waals surface area contributed by atoms with Gasteiger partial charge >= 0.3 is 0 Å². The van der Waals surface area contributed by atoms with Gasteiger partial charge in [-0.3, -0.25) is 9.98 Å². The third-order valence-electron chi connectivity index (χ3n) is 7.62. The monoisotopic (exact) mass is 616 g/mol. The van der Waals surface area contributed by atoms with Crippen LogP contribution >= 0.6 is 0 Å². The van der Waals surface area contributed by atoms with Crippen molar-refractivity contribution in [3.8, 4) is 33.8 Å². The molecule has 0 spiro atoms. The number of rotatable bonds is 8. The Labute approximate surface area is 267 Å². The predicted molar refractivity (Wildman–Crippen MR) is 175 cm³/mol. The van der Waals surface area contributed by atoms with Crippen molar-refractivity contribution < 1.29 is 29.7 Å². The molecular formula is C38H36N2O2Zn. The number of phenols is 2. The molecule has 0 aromatic heterocycles. The quantitative estimate of drug-likeness (QED) is 0.135. The molecule has 212 valence electrons. The van der Waals surface area contributed by atoms with Gasteiger partial charge in [-0.25, -0.2) is 0 Å². The Bertz CT molecular complexity index is 1600. The van der Waals surface area contributed by atoms with Gasteiger partial charge in [0.2, 0.25) is 0 Å². The van der Waals surface area contributed by atoms with E-state index in [9.17, 15) is 10.2 Å². The van der Waals surface area contributed by atoms with Gasteiger partial charge < -0.3 is 10.2 Å². The van der Waals surface area contributed by atoms with Crippen molar-refractivity contribution >= 4 is 12.4 Å². The van der Waals surface area contributed by atoms with Crippen LogP contribution in [0, 0.1) is 0 Å². The first-order valence-electron chi connectivity index (χ1n) is 14.1. The summed E-state index contributed by atoms with van der Waals surface area (Å²) in [7, 11) is 0. The zero-order chi connectivity index (χ0) is 29.7. The van der Waals surface area contributed by atoms with E-state index in [2.05, 4.69) is 76.2 Å². The second-order valence-electron chi connectivity index (χ2n) is 11.5. The van der Waals surface area contributed by atoms with Gasteiger partial charge in [-0.05, 0) is 85.3 Å². The Morgan fingerprint density at radius 1 is 0.465 bits per heavy atom. The molecule has 5 aromatic carbocycles. The van der Waals surface area contributed by atoms with Crippen LogP contribution in [0.3, 0.4) is 0 Å². The fourth-order valence-corrected chi connectivity index (χ4v) is 4.83. The first kappa shape index (κ1) is 31.6. The Morgan fingerprint density at radius 3 is 1.16 bits per heavy atom. The van der Waals surface area contributed by atoms with Crippen LogP contribution in [-0.4, -0.2) is 22.6 Å². The summed E-state index contributed by atoms with van der Waals surface area (Å²) in [5, 5.41) is 21.0. The third kappa shape index (κ3) is 7.55. The van der Waals surface area contributed by atoms with Gasteiger partial charge in [-0.2, -0.15) is 0 Å². The van der Waals surface area contributed by atoms with Gasteiger partial charge in [0, 0.05) is 43.0 Å². The minimum absolute atomic E-state index is 0. The Kier molecular flexibility index (Phi) is 9.78. The van der Waals surface area contributed by atoms with E-state index < -0.39 is 11.1 Å². The maximum Gasteiger partial charge on any atom is 0.124 e. The summed E-state index contributed by atoms with van der Waals surface area (Å²) in [6.07, 6.45) is 3.50. The summed E-state index contributed by atoms with van der Waals surface area (Å²) in [4.78, 5) is 9.72. The second kappa shape index (κ2) is 13.3. The van der Waals surface area contributed by atoms with Crippen LogP contribution in [0.25, 0.3) is 22.3 Å². The molecule has 5 heteroatoms. The molecule has 0 aliphatic carbocycles. The van der Waals surface area contributed by atoms with E-state index in [0.717, 1.165) is 33.4 Å². The standard InChI is InChI=1S/C38H36N2O2.Zn/c1-37(2,39-25-31-23-29(15-21-35(31)41)27-11-7-5-8-12-27)33-17-19-34(20-18-33)38(3,4)40-26-32-24-30(16-22-36(32)42)28-13-9-6-10-14-28;/h5-26,41-42H,1-4H3;. The molecule has 0 fully saturated rings. The van der Waals surface area contributed by atoms with Crippen LogP contribution in [0.2, 0.25) is 0 Å². The van der Waals surface area contributed by atoms with Crippen LogP contribution in [0.1, 0.15) is 49.9 Å². The molecule has 0 radical (unpaired) electrons. The van der Waals surface area contributed by atoms with Crippen molar-refractivity contribution in [3.05, 3.63) is 144 Å². The SMILES string of the molecule is CC(C)(N=Cc1cc(-c2ccccc2)ccc1O)c1ccc(C(C)(C)N=Cc2cc(-c3ccccc3)ccc2O)cc1.[Zn]. The summed E-state index contributed by atoms with van der Waals surface area (Å²) in [6.45, 7) is 8.23. The molecule has 0 atom stereocenters. The molecule has 0 saturated heterocycles. The largest absolute Gasteiger partial charge is 0.507 e. The van der Waals surface area contributed by atoms with E-state index in [1.54, 1.807) is 24.6 Å². The summed E-state index contributed by atoms with van der Waals surface area (Å²) in [5.41, 5.74) is 6.67. The number of aliphatic imine (C=N–C) groups is 2. The zero-order valence-electron chi connectivity index (χ0n) is 25.2. The number of aromatic hydroxyl groups is 2. The Balaban J connectivity index is 0.00000423. The predicted octanol–water partition coefficient (Wildman–Crippen LogP) is 9.14. The number of phenolic OH excluding ortho intramolecular Hbond substituents is 2. The Morgan fingerprint density at radius 2 is 0.814 bits per heavy atom. The molecule has 0 saturated carbocycles. The summed E-state index contributed by atoms with van der Waals surface area (Å²) in [6, 6.07) is 39.7. The zero-order valence-corrected chi connectivity index (χ0v) is 28.2. The molecule has 2 N–H and O–H groups in total. The van der Waals surface area contributed by atoms with Gasteiger partial charge in [-0.1, -0.05) is 97.1 Å². The normalized spacial score (nSPS) is 12.0. The van der Waals surface area contributed by atoms with Gasteiger partial charge in [0.1, 0.15) is 11.5 Å². The molecule has 0 aliphatic rings. The first-order valence-corrected chi connectivity index (χ1v) is 14.1. The van der Waals surface area contributed by atoms with Crippen molar-refractivity contribution in [3.63, 3.8) is 0 Å². The fourth-order valence-electron chi connectivity index (χ4n) is 4.83. The first-order chi connectivity index (χ1) is 20.1. The molecule has 5 rings (SSSR count). The second-order valence-corrected chi connectivity index (χ2v) is 11.5. The van der Waals surface area contributed by atoms with Crippen molar-refractivity contribution in [2.24, 2.45) is 9.98 Å². The van der Waals surface area contributed by atoms with Crippen LogP contribution in [-0.2, 0) is 30.6 Å². The van der Waals surface area contributed by atoms with Crippen LogP contribution < -0.4 is 0 Å². The van der Waals surface area contributed by atoms with E-state index in [1.165, 1.54) is 0 Å². The van der Waals surface area contributed by atoms with E-state index in [4.69, 9.17) is 9.98 Å². The maximum atomic E-state index is 10.5. The van der Waals surface area contributed by atoms with E-state index >= 15 is 0 Å². The fraction of sp³-hybridized carbons (Fsp3) is 0.158. The Hall–Kier alpha value is -4.34. The minimum atomic E-state index is -0.509. The number of benzene rings is 5. The van der Waals surface area contributed by atoms with Crippen molar-refractivity contribution in [2.75, 3.05) is 0 Å².